The van der Waals surface area contributed by atoms with Gasteiger partial charge in [0.1, 0.15) is 0 Å². The lowest BCUT2D eigenvalue weighted by Crippen LogP contribution is -2.44. The molecule has 0 atom stereocenters. The van der Waals surface area contributed by atoms with Crippen LogP contribution in [-0.2, 0) is 4.74 Å². The lowest BCUT2D eigenvalue weighted by atomic mass is 9.75. The van der Waals surface area contributed by atoms with Crippen molar-refractivity contribution in [1.82, 2.24) is 5.32 Å². The predicted molar refractivity (Wildman–Crippen MR) is 85.2 cm³/mol. The average molecular weight is 275 g/mol. The Morgan fingerprint density at radius 3 is 2.70 bits per heavy atom. The van der Waals surface area contributed by atoms with Crippen LogP contribution in [0.1, 0.15) is 50.2 Å². The highest BCUT2D eigenvalue weighted by Gasteiger charge is 2.31. The van der Waals surface area contributed by atoms with Crippen LogP contribution in [0.4, 0.5) is 0 Å². The monoisotopic (exact) mass is 275 g/mol. The summed E-state index contributed by atoms with van der Waals surface area (Å²) in [4.78, 5) is 0. The maximum absolute atomic E-state index is 5.18. The van der Waals surface area contributed by atoms with Crippen LogP contribution in [0.5, 0.6) is 0 Å². The summed E-state index contributed by atoms with van der Waals surface area (Å²) in [6, 6.07) is 9.66. The summed E-state index contributed by atoms with van der Waals surface area (Å²) < 4.78 is 5.18. The van der Waals surface area contributed by atoms with Gasteiger partial charge in [-0.05, 0) is 43.1 Å². The minimum atomic E-state index is 0.324. The molecule has 0 spiro atoms. The lowest BCUT2D eigenvalue weighted by Gasteiger charge is -2.38. The SMILES string of the molecule is COCCC(C)(C)CNC1CC(c2cccc(C)c2)C1. The molecule has 0 heterocycles. The molecule has 1 N–H and O–H groups in total. The van der Waals surface area contributed by atoms with E-state index in [9.17, 15) is 0 Å². The van der Waals surface area contributed by atoms with Gasteiger partial charge in [-0.15, -0.1) is 0 Å². The second kappa shape index (κ2) is 6.73. The number of benzene rings is 1. The Morgan fingerprint density at radius 1 is 1.30 bits per heavy atom. The van der Waals surface area contributed by atoms with Gasteiger partial charge < -0.3 is 10.1 Å². The molecule has 0 bridgehead atoms. The standard InChI is InChI=1S/C18H29NO/c1-14-6-5-7-15(10-14)16-11-17(12-16)19-13-18(2,3)8-9-20-4/h5-7,10,16-17,19H,8-9,11-13H2,1-4H3. The number of methoxy groups -OCH3 is 1. The molecule has 2 rings (SSSR count). The van der Waals surface area contributed by atoms with E-state index in [-0.39, 0.29) is 0 Å². The second-order valence-corrected chi connectivity index (χ2v) is 7.07. The molecular weight excluding hydrogens is 246 g/mol. The molecule has 1 aromatic rings. The van der Waals surface area contributed by atoms with Crippen molar-refractivity contribution in [2.24, 2.45) is 5.41 Å². The van der Waals surface area contributed by atoms with E-state index in [2.05, 4.69) is 50.4 Å². The Kier molecular flexibility index (Phi) is 5.22. The third kappa shape index (κ3) is 4.32. The number of hydrogen-bond donors (Lipinski definition) is 1. The summed E-state index contributed by atoms with van der Waals surface area (Å²) in [5.41, 5.74) is 3.21. The van der Waals surface area contributed by atoms with E-state index >= 15 is 0 Å². The largest absolute Gasteiger partial charge is 0.385 e. The van der Waals surface area contributed by atoms with Crippen molar-refractivity contribution >= 4 is 0 Å². The molecule has 0 aliphatic heterocycles. The average Bonchev–Trinajstić information content (AvgIpc) is 2.34. The van der Waals surface area contributed by atoms with Crippen molar-refractivity contribution in [3.05, 3.63) is 35.4 Å². The summed E-state index contributed by atoms with van der Waals surface area (Å²) in [6.07, 6.45) is 3.68. The van der Waals surface area contributed by atoms with Crippen LogP contribution >= 0.6 is 0 Å². The highest BCUT2D eigenvalue weighted by Crippen LogP contribution is 2.37. The Hall–Kier alpha value is -0.860. The van der Waals surface area contributed by atoms with Crippen molar-refractivity contribution in [2.75, 3.05) is 20.3 Å². The molecule has 2 nitrogen and oxygen atoms in total. The molecule has 1 aromatic carbocycles. The van der Waals surface area contributed by atoms with E-state index in [1.54, 1.807) is 7.11 Å². The number of nitrogens with one attached hydrogen (secondary N) is 1. The molecule has 0 aromatic heterocycles. The van der Waals surface area contributed by atoms with E-state index in [0.29, 0.717) is 11.5 Å². The fourth-order valence-corrected chi connectivity index (χ4v) is 2.87. The molecule has 1 fully saturated rings. The van der Waals surface area contributed by atoms with Gasteiger partial charge in [0.2, 0.25) is 0 Å². The molecule has 1 aliphatic carbocycles. The molecule has 20 heavy (non-hydrogen) atoms. The maximum atomic E-state index is 5.18. The topological polar surface area (TPSA) is 21.3 Å². The maximum Gasteiger partial charge on any atom is 0.0467 e. The molecule has 0 unspecified atom stereocenters. The molecule has 1 saturated carbocycles. The molecular formula is C18H29NO. The smallest absolute Gasteiger partial charge is 0.0467 e. The Bertz CT molecular complexity index is 421. The highest BCUT2D eigenvalue weighted by molar-refractivity contribution is 5.27. The first-order valence-corrected chi connectivity index (χ1v) is 7.79. The number of ether oxygens (including phenoxy) is 1. The summed E-state index contributed by atoms with van der Waals surface area (Å²) >= 11 is 0. The van der Waals surface area contributed by atoms with E-state index in [0.717, 1.165) is 25.5 Å². The fourth-order valence-electron chi connectivity index (χ4n) is 2.87. The van der Waals surface area contributed by atoms with Crippen molar-refractivity contribution in [2.45, 2.75) is 52.0 Å². The molecule has 0 amide bonds. The summed E-state index contributed by atoms with van der Waals surface area (Å²) in [5.74, 6) is 0.759. The first-order valence-electron chi connectivity index (χ1n) is 7.79. The van der Waals surface area contributed by atoms with E-state index < -0.39 is 0 Å². The van der Waals surface area contributed by atoms with Gasteiger partial charge in [0.05, 0.1) is 0 Å². The number of hydrogen-bond acceptors (Lipinski definition) is 2. The van der Waals surface area contributed by atoms with Crippen LogP contribution in [0.15, 0.2) is 24.3 Å². The summed E-state index contributed by atoms with van der Waals surface area (Å²) in [7, 11) is 1.78. The molecule has 112 valence electrons. The van der Waals surface area contributed by atoms with Gasteiger partial charge >= 0.3 is 0 Å². The number of aryl methyl sites for hydroxylation is 1. The Morgan fingerprint density at radius 2 is 2.05 bits per heavy atom. The molecule has 0 saturated heterocycles. The van der Waals surface area contributed by atoms with Crippen LogP contribution in [-0.4, -0.2) is 26.3 Å². The van der Waals surface area contributed by atoms with Crippen molar-refractivity contribution in [3.63, 3.8) is 0 Å². The molecule has 1 aliphatic rings. The van der Waals surface area contributed by atoms with Gasteiger partial charge in [-0.3, -0.25) is 0 Å². The van der Waals surface area contributed by atoms with Crippen LogP contribution < -0.4 is 5.32 Å². The van der Waals surface area contributed by atoms with Gasteiger partial charge in [-0.1, -0.05) is 43.7 Å². The van der Waals surface area contributed by atoms with Crippen molar-refractivity contribution < 1.29 is 4.74 Å². The van der Waals surface area contributed by atoms with Gasteiger partial charge in [0.15, 0.2) is 0 Å². The Balaban J connectivity index is 1.72. The normalized spacial score (nSPS) is 22.6. The van der Waals surface area contributed by atoms with Gasteiger partial charge in [0.25, 0.3) is 0 Å². The highest BCUT2D eigenvalue weighted by atomic mass is 16.5. The zero-order valence-corrected chi connectivity index (χ0v) is 13.4. The van der Waals surface area contributed by atoms with Gasteiger partial charge in [0, 0.05) is 26.3 Å². The van der Waals surface area contributed by atoms with E-state index in [1.165, 1.54) is 24.0 Å². The lowest BCUT2D eigenvalue weighted by molar-refractivity contribution is 0.144. The van der Waals surface area contributed by atoms with Crippen molar-refractivity contribution in [3.8, 4) is 0 Å². The summed E-state index contributed by atoms with van der Waals surface area (Å²) in [6.45, 7) is 8.74. The van der Waals surface area contributed by atoms with Crippen LogP contribution in [0.25, 0.3) is 0 Å². The predicted octanol–water partition coefficient (Wildman–Crippen LogP) is 3.89. The van der Waals surface area contributed by atoms with E-state index in [4.69, 9.17) is 4.74 Å². The zero-order chi connectivity index (χ0) is 14.6. The zero-order valence-electron chi connectivity index (χ0n) is 13.4. The minimum Gasteiger partial charge on any atom is -0.385 e. The number of rotatable bonds is 7. The quantitative estimate of drug-likeness (QED) is 0.815. The first kappa shape index (κ1) is 15.5. The van der Waals surface area contributed by atoms with Crippen LogP contribution in [0.3, 0.4) is 0 Å². The fraction of sp³-hybridized carbons (Fsp3) is 0.667. The first-order chi connectivity index (χ1) is 9.50. The van der Waals surface area contributed by atoms with Crippen LogP contribution in [0, 0.1) is 12.3 Å². The molecule has 2 heteroatoms. The second-order valence-electron chi connectivity index (χ2n) is 7.07. The summed E-state index contributed by atoms with van der Waals surface area (Å²) in [5, 5.41) is 3.73. The van der Waals surface area contributed by atoms with Gasteiger partial charge in [-0.2, -0.15) is 0 Å². The van der Waals surface area contributed by atoms with Crippen molar-refractivity contribution in [1.29, 1.82) is 0 Å². The third-order valence-electron chi connectivity index (χ3n) is 4.50. The van der Waals surface area contributed by atoms with Crippen LogP contribution in [0.2, 0.25) is 0 Å². The van der Waals surface area contributed by atoms with Gasteiger partial charge in [-0.25, -0.2) is 0 Å². The van der Waals surface area contributed by atoms with E-state index in [1.807, 2.05) is 0 Å². The minimum absolute atomic E-state index is 0.324. The molecule has 0 radical (unpaired) electrons. The Labute approximate surface area is 123 Å². The third-order valence-corrected chi connectivity index (χ3v) is 4.50.